The lowest BCUT2D eigenvalue weighted by Gasteiger charge is -2.37. The van der Waals surface area contributed by atoms with Crippen molar-refractivity contribution in [1.82, 2.24) is 15.1 Å². The van der Waals surface area contributed by atoms with Crippen LogP contribution in [0.5, 0.6) is 5.75 Å². The Morgan fingerprint density at radius 1 is 1.30 bits per heavy atom. The molecule has 2 heterocycles. The lowest BCUT2D eigenvalue weighted by Crippen LogP contribution is -2.53. The van der Waals surface area contributed by atoms with Crippen molar-refractivity contribution in [1.29, 1.82) is 0 Å². The molecule has 0 bridgehead atoms. The highest BCUT2D eigenvalue weighted by Gasteiger charge is 2.32. The van der Waals surface area contributed by atoms with E-state index >= 15 is 0 Å². The quantitative estimate of drug-likeness (QED) is 0.835. The van der Waals surface area contributed by atoms with Crippen molar-refractivity contribution in [2.24, 2.45) is 0 Å². The fraction of sp³-hybridized carbons (Fsp3) is 0.611. The number of carbonyl (C=O) groups excluding carboxylic acids is 1. The van der Waals surface area contributed by atoms with Crippen molar-refractivity contribution in [2.75, 3.05) is 51.2 Å². The van der Waals surface area contributed by atoms with Crippen molar-refractivity contribution >= 4 is 11.7 Å². The highest BCUT2D eigenvalue weighted by atomic mass is 19.4. The lowest BCUT2D eigenvalue weighted by atomic mass is 10.1. The number of nitrogens with one attached hydrogen (secondary N) is 2. The number of hydrogen-bond donors (Lipinski definition) is 2. The molecule has 150 valence electrons. The number of rotatable bonds is 4. The summed E-state index contributed by atoms with van der Waals surface area (Å²) in [5, 5.41) is 5.92. The van der Waals surface area contributed by atoms with E-state index < -0.39 is 17.8 Å². The van der Waals surface area contributed by atoms with Gasteiger partial charge in [0.2, 0.25) is 0 Å². The minimum absolute atomic E-state index is 0.0408. The third-order valence-corrected chi connectivity index (χ3v) is 5.00. The second-order valence-electron chi connectivity index (χ2n) is 6.74. The number of benzene rings is 1. The van der Waals surface area contributed by atoms with Gasteiger partial charge in [-0.1, -0.05) is 0 Å². The standard InChI is InChI=1S/C18H25F3N4O2/c1-2-27-16-4-3-13(18(19,20)21)11-15(16)23-17(26)25-9-7-24(8-10-25)14-5-6-22-12-14/h3-4,11,14,22H,2,5-10,12H2,1H3,(H,23,26)/t14-/m0/s1. The molecule has 0 aliphatic carbocycles. The Bertz CT molecular complexity index is 654. The SMILES string of the molecule is CCOc1ccc(C(F)(F)F)cc1NC(=O)N1CCN([C@H]2CCNC2)CC1. The number of halogens is 3. The zero-order chi connectivity index (χ0) is 19.4. The molecule has 2 aliphatic heterocycles. The number of anilines is 1. The number of ether oxygens (including phenoxy) is 1. The Morgan fingerprint density at radius 3 is 2.63 bits per heavy atom. The first-order valence-corrected chi connectivity index (χ1v) is 9.23. The van der Waals surface area contributed by atoms with E-state index in [1.165, 1.54) is 6.07 Å². The van der Waals surface area contributed by atoms with Crippen LogP contribution in [0.2, 0.25) is 0 Å². The molecule has 0 unspecified atom stereocenters. The number of carbonyl (C=O) groups is 1. The van der Waals surface area contributed by atoms with Crippen LogP contribution in [0.25, 0.3) is 0 Å². The molecule has 1 atom stereocenters. The Balaban J connectivity index is 1.64. The van der Waals surface area contributed by atoms with E-state index in [1.54, 1.807) is 11.8 Å². The average molecular weight is 386 g/mol. The summed E-state index contributed by atoms with van der Waals surface area (Å²) in [5.41, 5.74) is -0.779. The van der Waals surface area contributed by atoms with E-state index in [0.29, 0.717) is 25.7 Å². The van der Waals surface area contributed by atoms with Gasteiger partial charge in [-0.05, 0) is 38.1 Å². The minimum Gasteiger partial charge on any atom is -0.492 e. The summed E-state index contributed by atoms with van der Waals surface area (Å²) in [4.78, 5) is 16.6. The molecule has 27 heavy (non-hydrogen) atoms. The van der Waals surface area contributed by atoms with Gasteiger partial charge in [-0.2, -0.15) is 13.2 Å². The van der Waals surface area contributed by atoms with Gasteiger partial charge >= 0.3 is 12.2 Å². The maximum atomic E-state index is 13.0. The van der Waals surface area contributed by atoms with Crippen molar-refractivity contribution in [3.05, 3.63) is 23.8 Å². The van der Waals surface area contributed by atoms with Gasteiger partial charge in [0.1, 0.15) is 5.75 Å². The maximum absolute atomic E-state index is 13.0. The molecule has 0 spiro atoms. The minimum atomic E-state index is -4.48. The number of piperazine rings is 1. The maximum Gasteiger partial charge on any atom is 0.416 e. The largest absolute Gasteiger partial charge is 0.492 e. The van der Waals surface area contributed by atoms with Gasteiger partial charge in [-0.3, -0.25) is 4.90 Å². The predicted molar refractivity (Wildman–Crippen MR) is 96.1 cm³/mol. The lowest BCUT2D eigenvalue weighted by molar-refractivity contribution is -0.137. The number of hydrogen-bond acceptors (Lipinski definition) is 4. The van der Waals surface area contributed by atoms with Gasteiger partial charge in [0.25, 0.3) is 0 Å². The second-order valence-corrected chi connectivity index (χ2v) is 6.74. The molecule has 0 radical (unpaired) electrons. The van der Waals surface area contributed by atoms with Crippen molar-refractivity contribution in [2.45, 2.75) is 25.6 Å². The molecule has 1 aromatic carbocycles. The Labute approximate surface area is 156 Å². The van der Waals surface area contributed by atoms with Gasteiger partial charge in [-0.25, -0.2) is 4.79 Å². The number of alkyl halides is 3. The first kappa shape index (κ1) is 19.8. The van der Waals surface area contributed by atoms with Crippen LogP contribution in [0.4, 0.5) is 23.7 Å². The second kappa shape index (κ2) is 8.35. The van der Waals surface area contributed by atoms with Crippen LogP contribution in [0, 0.1) is 0 Å². The van der Waals surface area contributed by atoms with E-state index in [9.17, 15) is 18.0 Å². The molecule has 0 saturated carbocycles. The average Bonchev–Trinajstić information content (AvgIpc) is 3.17. The Kier molecular flexibility index (Phi) is 6.11. The van der Waals surface area contributed by atoms with Gasteiger partial charge in [0.05, 0.1) is 17.9 Å². The third kappa shape index (κ3) is 4.84. The van der Waals surface area contributed by atoms with Crippen LogP contribution in [0.15, 0.2) is 18.2 Å². The molecule has 2 fully saturated rings. The van der Waals surface area contributed by atoms with E-state index in [4.69, 9.17) is 4.74 Å². The fourth-order valence-electron chi connectivity index (χ4n) is 3.52. The van der Waals surface area contributed by atoms with Gasteiger partial charge in [-0.15, -0.1) is 0 Å². The molecule has 0 aromatic heterocycles. The molecule has 3 rings (SSSR count). The van der Waals surface area contributed by atoms with Crippen LogP contribution in [0.3, 0.4) is 0 Å². The summed E-state index contributed by atoms with van der Waals surface area (Å²) < 4.78 is 44.3. The molecule has 2 aliphatic rings. The number of amides is 2. The topological polar surface area (TPSA) is 56.8 Å². The van der Waals surface area contributed by atoms with Crippen molar-refractivity contribution in [3.8, 4) is 5.75 Å². The molecule has 1 aromatic rings. The van der Waals surface area contributed by atoms with Crippen LogP contribution in [0.1, 0.15) is 18.9 Å². The highest BCUT2D eigenvalue weighted by molar-refractivity contribution is 5.91. The predicted octanol–water partition coefficient (Wildman–Crippen LogP) is 2.62. The molecule has 2 saturated heterocycles. The van der Waals surface area contributed by atoms with E-state index in [2.05, 4.69) is 15.5 Å². The van der Waals surface area contributed by atoms with Crippen molar-refractivity contribution < 1.29 is 22.7 Å². The summed E-state index contributed by atoms with van der Waals surface area (Å²) in [6.45, 7) is 6.63. The monoisotopic (exact) mass is 386 g/mol. The summed E-state index contributed by atoms with van der Waals surface area (Å²) in [7, 11) is 0. The van der Waals surface area contributed by atoms with Crippen LogP contribution < -0.4 is 15.4 Å². The van der Waals surface area contributed by atoms with Crippen LogP contribution in [-0.2, 0) is 6.18 Å². The fourth-order valence-corrected chi connectivity index (χ4v) is 3.52. The Hall–Kier alpha value is -2.00. The van der Waals surface area contributed by atoms with Gasteiger partial charge < -0.3 is 20.3 Å². The summed E-state index contributed by atoms with van der Waals surface area (Å²) >= 11 is 0. The molecule has 9 heteroatoms. The van der Waals surface area contributed by atoms with E-state index in [-0.39, 0.29) is 11.4 Å². The number of nitrogens with zero attached hydrogens (tertiary/aromatic N) is 2. The van der Waals surface area contributed by atoms with Crippen LogP contribution in [-0.4, -0.2) is 67.7 Å². The normalized spacial score (nSPS) is 21.3. The first-order valence-electron chi connectivity index (χ1n) is 9.23. The summed E-state index contributed by atoms with van der Waals surface area (Å²) in [6.07, 6.45) is -3.38. The smallest absolute Gasteiger partial charge is 0.416 e. The third-order valence-electron chi connectivity index (χ3n) is 5.00. The molecule has 6 nitrogen and oxygen atoms in total. The number of urea groups is 1. The molecular formula is C18H25F3N4O2. The van der Waals surface area contributed by atoms with Crippen LogP contribution >= 0.6 is 0 Å². The zero-order valence-electron chi connectivity index (χ0n) is 15.3. The summed E-state index contributed by atoms with van der Waals surface area (Å²) in [5.74, 6) is 0.231. The van der Waals surface area contributed by atoms with Crippen molar-refractivity contribution in [3.63, 3.8) is 0 Å². The first-order chi connectivity index (χ1) is 12.9. The van der Waals surface area contributed by atoms with E-state index in [0.717, 1.165) is 44.7 Å². The Morgan fingerprint density at radius 2 is 2.04 bits per heavy atom. The van der Waals surface area contributed by atoms with Gasteiger partial charge in [0.15, 0.2) is 0 Å². The molecule has 2 amide bonds. The van der Waals surface area contributed by atoms with Gasteiger partial charge in [0, 0.05) is 38.8 Å². The highest BCUT2D eigenvalue weighted by Crippen LogP contribution is 2.35. The molecule has 2 N–H and O–H groups in total. The molecular weight excluding hydrogens is 361 g/mol. The van der Waals surface area contributed by atoms with E-state index in [1.807, 2.05) is 0 Å². The zero-order valence-corrected chi connectivity index (χ0v) is 15.3. The summed E-state index contributed by atoms with van der Waals surface area (Å²) in [6, 6.07) is 3.22.